The molecule has 1 saturated carbocycles. The first-order valence-corrected chi connectivity index (χ1v) is 7.04. The Morgan fingerprint density at radius 2 is 2.06 bits per heavy atom. The molecule has 4 nitrogen and oxygen atoms in total. The van der Waals surface area contributed by atoms with Gasteiger partial charge in [-0.3, -0.25) is 9.59 Å². The monoisotopic (exact) mass is 253 g/mol. The molecule has 3 unspecified atom stereocenters. The van der Waals surface area contributed by atoms with Gasteiger partial charge in [0.25, 0.3) is 0 Å². The van der Waals surface area contributed by atoms with Crippen molar-refractivity contribution in [2.75, 3.05) is 6.54 Å². The maximum Gasteiger partial charge on any atom is 0.307 e. The van der Waals surface area contributed by atoms with Gasteiger partial charge in [0.15, 0.2) is 0 Å². The molecule has 0 bridgehead atoms. The number of likely N-dealkylation sites (tertiary alicyclic amines) is 1. The number of nitrogens with zero attached hydrogens (tertiary/aromatic N) is 1. The molecule has 0 aromatic rings. The van der Waals surface area contributed by atoms with Crippen LogP contribution in [-0.2, 0) is 9.59 Å². The summed E-state index contributed by atoms with van der Waals surface area (Å²) in [5.41, 5.74) is 0. The van der Waals surface area contributed by atoms with Crippen molar-refractivity contribution in [1.29, 1.82) is 0 Å². The highest BCUT2D eigenvalue weighted by atomic mass is 16.4. The van der Waals surface area contributed by atoms with Crippen molar-refractivity contribution in [2.45, 2.75) is 52.0 Å². The highest BCUT2D eigenvalue weighted by Gasteiger charge is 2.51. The standard InChI is InChI=1S/C14H23NO3/c1-9(2)5-6-10-4-3-7-15(10)13(16)11-8-12(11)14(17)18/h9-12H,3-8H2,1-2H3,(H,17,18). The molecule has 1 amide bonds. The molecule has 2 aliphatic rings. The predicted octanol–water partition coefficient (Wildman–Crippen LogP) is 2.13. The van der Waals surface area contributed by atoms with Crippen molar-refractivity contribution in [3.8, 4) is 0 Å². The zero-order valence-corrected chi connectivity index (χ0v) is 11.3. The molecule has 0 radical (unpaired) electrons. The molecule has 4 heteroatoms. The fourth-order valence-corrected chi connectivity index (χ4v) is 2.91. The average molecular weight is 253 g/mol. The van der Waals surface area contributed by atoms with Crippen LogP contribution >= 0.6 is 0 Å². The highest BCUT2D eigenvalue weighted by molar-refractivity contribution is 5.89. The molecule has 1 heterocycles. The van der Waals surface area contributed by atoms with Gasteiger partial charge in [0.1, 0.15) is 0 Å². The number of carboxylic acids is 1. The van der Waals surface area contributed by atoms with Crippen LogP contribution in [-0.4, -0.2) is 34.5 Å². The number of carboxylic acid groups (broad SMARTS) is 1. The fourth-order valence-electron chi connectivity index (χ4n) is 2.91. The molecule has 1 aliphatic heterocycles. The first-order valence-electron chi connectivity index (χ1n) is 7.04. The molecule has 0 aromatic heterocycles. The molecule has 2 fully saturated rings. The van der Waals surface area contributed by atoms with E-state index in [0.717, 1.165) is 32.2 Å². The Hall–Kier alpha value is -1.06. The smallest absolute Gasteiger partial charge is 0.307 e. The summed E-state index contributed by atoms with van der Waals surface area (Å²) < 4.78 is 0. The van der Waals surface area contributed by atoms with E-state index in [0.29, 0.717) is 18.4 Å². The summed E-state index contributed by atoms with van der Waals surface area (Å²) in [6.45, 7) is 5.22. The van der Waals surface area contributed by atoms with E-state index >= 15 is 0 Å². The molecule has 102 valence electrons. The molecule has 0 spiro atoms. The van der Waals surface area contributed by atoms with Crippen molar-refractivity contribution in [2.24, 2.45) is 17.8 Å². The molecule has 1 saturated heterocycles. The number of rotatable bonds is 5. The lowest BCUT2D eigenvalue weighted by molar-refractivity contribution is -0.142. The summed E-state index contributed by atoms with van der Waals surface area (Å²) >= 11 is 0. The lowest BCUT2D eigenvalue weighted by Crippen LogP contribution is -2.37. The first kappa shape index (κ1) is 13.4. The Morgan fingerprint density at radius 3 is 2.61 bits per heavy atom. The zero-order chi connectivity index (χ0) is 13.3. The Morgan fingerprint density at radius 1 is 1.33 bits per heavy atom. The van der Waals surface area contributed by atoms with E-state index in [1.165, 1.54) is 0 Å². The summed E-state index contributed by atoms with van der Waals surface area (Å²) in [6.07, 6.45) is 4.90. The summed E-state index contributed by atoms with van der Waals surface area (Å²) in [5, 5.41) is 8.89. The average Bonchev–Trinajstić information content (AvgIpc) is 2.97. The lowest BCUT2D eigenvalue weighted by atomic mass is 10.0. The third-order valence-electron chi connectivity index (χ3n) is 4.16. The van der Waals surface area contributed by atoms with E-state index in [9.17, 15) is 9.59 Å². The second-order valence-corrected chi connectivity index (χ2v) is 6.09. The largest absolute Gasteiger partial charge is 0.481 e. The molecular weight excluding hydrogens is 230 g/mol. The summed E-state index contributed by atoms with van der Waals surface area (Å²) in [5.74, 6) is -0.707. The van der Waals surface area contributed by atoms with Gasteiger partial charge < -0.3 is 10.0 Å². The van der Waals surface area contributed by atoms with E-state index in [-0.39, 0.29) is 11.8 Å². The van der Waals surface area contributed by atoms with Gasteiger partial charge in [-0.15, -0.1) is 0 Å². The van der Waals surface area contributed by atoms with Crippen LogP contribution in [0.25, 0.3) is 0 Å². The first-order chi connectivity index (χ1) is 8.50. The normalized spacial score (nSPS) is 30.8. The van der Waals surface area contributed by atoms with Crippen LogP contribution in [0.4, 0.5) is 0 Å². The maximum atomic E-state index is 12.2. The van der Waals surface area contributed by atoms with Crippen LogP contribution in [0.2, 0.25) is 0 Å². The number of carbonyl (C=O) groups is 2. The maximum absolute atomic E-state index is 12.2. The number of amides is 1. The predicted molar refractivity (Wildman–Crippen MR) is 68.0 cm³/mol. The molecular formula is C14H23NO3. The quantitative estimate of drug-likeness (QED) is 0.816. The second-order valence-electron chi connectivity index (χ2n) is 6.09. The molecule has 2 rings (SSSR count). The van der Waals surface area contributed by atoms with E-state index < -0.39 is 11.9 Å². The third-order valence-corrected chi connectivity index (χ3v) is 4.16. The minimum atomic E-state index is -0.814. The second kappa shape index (κ2) is 5.29. The van der Waals surface area contributed by atoms with Crippen molar-refractivity contribution >= 4 is 11.9 Å². The van der Waals surface area contributed by atoms with Gasteiger partial charge in [-0.05, 0) is 38.0 Å². The van der Waals surface area contributed by atoms with Gasteiger partial charge in [0.2, 0.25) is 5.91 Å². The van der Waals surface area contributed by atoms with Gasteiger partial charge in [0, 0.05) is 12.6 Å². The zero-order valence-electron chi connectivity index (χ0n) is 11.3. The third kappa shape index (κ3) is 2.85. The minimum Gasteiger partial charge on any atom is -0.481 e. The fraction of sp³-hybridized carbons (Fsp3) is 0.857. The molecule has 1 N–H and O–H groups in total. The molecule has 18 heavy (non-hydrogen) atoms. The van der Waals surface area contributed by atoms with Crippen molar-refractivity contribution < 1.29 is 14.7 Å². The summed E-state index contributed by atoms with van der Waals surface area (Å²) in [4.78, 5) is 25.0. The van der Waals surface area contributed by atoms with Crippen LogP contribution < -0.4 is 0 Å². The van der Waals surface area contributed by atoms with E-state index in [1.807, 2.05) is 4.90 Å². The summed E-state index contributed by atoms with van der Waals surface area (Å²) in [7, 11) is 0. The van der Waals surface area contributed by atoms with Gasteiger partial charge >= 0.3 is 5.97 Å². The van der Waals surface area contributed by atoms with E-state index in [2.05, 4.69) is 13.8 Å². The van der Waals surface area contributed by atoms with Crippen molar-refractivity contribution in [1.82, 2.24) is 4.90 Å². The number of carbonyl (C=O) groups excluding carboxylic acids is 1. The molecule has 0 aromatic carbocycles. The van der Waals surface area contributed by atoms with E-state index in [4.69, 9.17) is 5.11 Å². The summed E-state index contributed by atoms with van der Waals surface area (Å²) in [6, 6.07) is 0.356. The minimum absolute atomic E-state index is 0.0913. The Bertz CT molecular complexity index is 340. The topological polar surface area (TPSA) is 57.6 Å². The highest BCUT2D eigenvalue weighted by Crippen LogP contribution is 2.41. The number of hydrogen-bond acceptors (Lipinski definition) is 2. The Kier molecular flexibility index (Phi) is 3.93. The Balaban J connectivity index is 1.87. The van der Waals surface area contributed by atoms with Crippen molar-refractivity contribution in [3.05, 3.63) is 0 Å². The number of aliphatic carboxylic acids is 1. The van der Waals surface area contributed by atoms with Gasteiger partial charge in [0.05, 0.1) is 11.8 Å². The van der Waals surface area contributed by atoms with Gasteiger partial charge in [-0.2, -0.15) is 0 Å². The number of hydrogen-bond donors (Lipinski definition) is 1. The van der Waals surface area contributed by atoms with Crippen LogP contribution in [0.5, 0.6) is 0 Å². The van der Waals surface area contributed by atoms with Gasteiger partial charge in [-0.25, -0.2) is 0 Å². The Labute approximate surface area is 108 Å². The van der Waals surface area contributed by atoms with Gasteiger partial charge in [-0.1, -0.05) is 13.8 Å². The lowest BCUT2D eigenvalue weighted by Gasteiger charge is -2.25. The van der Waals surface area contributed by atoms with E-state index in [1.54, 1.807) is 0 Å². The molecule has 3 atom stereocenters. The SMILES string of the molecule is CC(C)CCC1CCCN1C(=O)C1CC1C(=O)O. The van der Waals surface area contributed by atoms with Crippen LogP contribution in [0, 0.1) is 17.8 Å². The molecule has 1 aliphatic carbocycles. The van der Waals surface area contributed by atoms with Crippen LogP contribution in [0.3, 0.4) is 0 Å². The van der Waals surface area contributed by atoms with Crippen LogP contribution in [0.1, 0.15) is 46.0 Å². The van der Waals surface area contributed by atoms with Crippen LogP contribution in [0.15, 0.2) is 0 Å². The van der Waals surface area contributed by atoms with Crippen molar-refractivity contribution in [3.63, 3.8) is 0 Å².